The molecule has 19 heavy (non-hydrogen) atoms. The molecule has 0 fully saturated rings. The molecule has 0 amide bonds. The van der Waals surface area contributed by atoms with Crippen molar-refractivity contribution in [2.45, 2.75) is 20.4 Å². The van der Waals surface area contributed by atoms with Crippen LogP contribution in [0.5, 0.6) is 0 Å². The Bertz CT molecular complexity index is 666. The number of nitrogens with zero attached hydrogens (tertiary/aromatic N) is 1. The van der Waals surface area contributed by atoms with Crippen LogP contribution in [0.1, 0.15) is 27.2 Å². The predicted octanol–water partition coefficient (Wildman–Crippen LogP) is 2.21. The molecule has 0 saturated carbocycles. The summed E-state index contributed by atoms with van der Waals surface area (Å²) in [4.78, 5) is 23.0. The van der Waals surface area contributed by atoms with Gasteiger partial charge in [-0.25, -0.2) is 4.79 Å². The Balaban J connectivity index is 2.56. The summed E-state index contributed by atoms with van der Waals surface area (Å²) in [5, 5.41) is 9.15. The second-order valence-corrected chi connectivity index (χ2v) is 4.51. The smallest absolute Gasteiger partial charge is 0.352 e. The summed E-state index contributed by atoms with van der Waals surface area (Å²) in [6.45, 7) is 4.19. The fourth-order valence-corrected chi connectivity index (χ4v) is 2.13. The van der Waals surface area contributed by atoms with Crippen LogP contribution in [0, 0.1) is 13.8 Å². The largest absolute Gasteiger partial charge is 0.477 e. The maximum absolute atomic E-state index is 11.9. The molecule has 2 rings (SSSR count). The number of aryl methyl sites for hydroxylation is 2. The first-order chi connectivity index (χ1) is 9.00. The first-order valence-corrected chi connectivity index (χ1v) is 5.99. The summed E-state index contributed by atoms with van der Waals surface area (Å²) in [5.41, 5.74) is 2.79. The molecule has 0 unspecified atom stereocenters. The number of rotatable bonds is 3. The Kier molecular flexibility index (Phi) is 3.51. The first kappa shape index (κ1) is 13.1. The van der Waals surface area contributed by atoms with Crippen LogP contribution in [-0.2, 0) is 6.54 Å². The minimum atomic E-state index is -1.09. The van der Waals surface area contributed by atoms with E-state index in [0.717, 1.165) is 16.7 Å². The normalized spacial score (nSPS) is 10.4. The first-order valence-electron chi connectivity index (χ1n) is 5.99. The molecule has 0 aliphatic rings. The molecule has 0 spiro atoms. The standard InChI is InChI=1S/C15H15NO3/c1-10-5-3-6-11(2)12(10)9-16-13(15(18)19)7-4-8-14(16)17/h3-8H,9H2,1-2H3,(H,18,19). The van der Waals surface area contributed by atoms with E-state index in [1.807, 2.05) is 32.0 Å². The van der Waals surface area contributed by atoms with Crippen LogP contribution >= 0.6 is 0 Å². The molecule has 0 atom stereocenters. The van der Waals surface area contributed by atoms with Gasteiger partial charge in [0.2, 0.25) is 0 Å². The number of benzene rings is 1. The molecule has 2 aromatic rings. The number of aromatic carboxylic acids is 1. The quantitative estimate of drug-likeness (QED) is 0.917. The third-order valence-electron chi connectivity index (χ3n) is 3.23. The third-order valence-corrected chi connectivity index (χ3v) is 3.23. The minimum Gasteiger partial charge on any atom is -0.477 e. The maximum Gasteiger partial charge on any atom is 0.352 e. The van der Waals surface area contributed by atoms with Crippen LogP contribution < -0.4 is 5.56 Å². The molecule has 1 aromatic carbocycles. The van der Waals surface area contributed by atoms with Crippen LogP contribution in [-0.4, -0.2) is 15.6 Å². The van der Waals surface area contributed by atoms with Crippen LogP contribution in [0.2, 0.25) is 0 Å². The molecule has 1 N–H and O–H groups in total. The highest BCUT2D eigenvalue weighted by Gasteiger charge is 2.12. The van der Waals surface area contributed by atoms with Crippen LogP contribution in [0.25, 0.3) is 0 Å². The second-order valence-electron chi connectivity index (χ2n) is 4.51. The van der Waals surface area contributed by atoms with Crippen molar-refractivity contribution < 1.29 is 9.90 Å². The lowest BCUT2D eigenvalue weighted by Crippen LogP contribution is -2.26. The van der Waals surface area contributed by atoms with Crippen molar-refractivity contribution in [2.24, 2.45) is 0 Å². The van der Waals surface area contributed by atoms with Gasteiger partial charge in [-0.15, -0.1) is 0 Å². The number of hydrogen-bond donors (Lipinski definition) is 1. The number of aromatic nitrogens is 1. The Morgan fingerprint density at radius 3 is 2.26 bits per heavy atom. The van der Waals surface area contributed by atoms with E-state index in [1.54, 1.807) is 0 Å². The summed E-state index contributed by atoms with van der Waals surface area (Å²) in [7, 11) is 0. The summed E-state index contributed by atoms with van der Waals surface area (Å²) in [6.07, 6.45) is 0. The Morgan fingerprint density at radius 1 is 1.11 bits per heavy atom. The lowest BCUT2D eigenvalue weighted by atomic mass is 10.0. The van der Waals surface area contributed by atoms with Gasteiger partial charge in [0.25, 0.3) is 5.56 Å². The zero-order valence-corrected chi connectivity index (χ0v) is 10.9. The van der Waals surface area contributed by atoms with E-state index < -0.39 is 5.97 Å². The zero-order valence-electron chi connectivity index (χ0n) is 10.9. The Morgan fingerprint density at radius 2 is 1.68 bits per heavy atom. The highest BCUT2D eigenvalue weighted by Crippen LogP contribution is 2.15. The van der Waals surface area contributed by atoms with E-state index in [0.29, 0.717) is 0 Å². The van der Waals surface area contributed by atoms with E-state index in [-0.39, 0.29) is 17.8 Å². The number of hydrogen-bond acceptors (Lipinski definition) is 2. The Labute approximate surface area is 110 Å². The molecule has 4 heteroatoms. The molecule has 0 aliphatic heterocycles. The average molecular weight is 257 g/mol. The van der Waals surface area contributed by atoms with Gasteiger partial charge in [-0.1, -0.05) is 24.3 Å². The third kappa shape index (κ3) is 2.57. The van der Waals surface area contributed by atoms with Gasteiger partial charge < -0.3 is 5.11 Å². The van der Waals surface area contributed by atoms with Gasteiger partial charge >= 0.3 is 5.97 Å². The summed E-state index contributed by atoms with van der Waals surface area (Å²) < 4.78 is 1.29. The number of carboxylic acids is 1. The van der Waals surface area contributed by atoms with Crippen molar-refractivity contribution in [3.8, 4) is 0 Å². The van der Waals surface area contributed by atoms with Crippen LogP contribution in [0.15, 0.2) is 41.2 Å². The van der Waals surface area contributed by atoms with Crippen molar-refractivity contribution in [2.75, 3.05) is 0 Å². The van der Waals surface area contributed by atoms with Gasteiger partial charge in [0.1, 0.15) is 5.69 Å². The highest BCUT2D eigenvalue weighted by atomic mass is 16.4. The molecule has 98 valence electrons. The predicted molar refractivity (Wildman–Crippen MR) is 72.7 cm³/mol. The maximum atomic E-state index is 11.9. The molecular formula is C15H15NO3. The van der Waals surface area contributed by atoms with Gasteiger partial charge in [0.15, 0.2) is 0 Å². The second kappa shape index (κ2) is 5.10. The zero-order chi connectivity index (χ0) is 14.0. The molecule has 0 radical (unpaired) electrons. The van der Waals surface area contributed by atoms with Gasteiger partial charge in [-0.05, 0) is 36.6 Å². The van der Waals surface area contributed by atoms with Crippen LogP contribution in [0.3, 0.4) is 0 Å². The molecule has 4 nitrogen and oxygen atoms in total. The summed E-state index contributed by atoms with van der Waals surface area (Å²) in [6, 6.07) is 10.1. The van der Waals surface area contributed by atoms with Gasteiger partial charge in [0, 0.05) is 6.07 Å². The minimum absolute atomic E-state index is 0.00940. The van der Waals surface area contributed by atoms with E-state index in [4.69, 9.17) is 5.11 Å². The monoisotopic (exact) mass is 257 g/mol. The molecule has 1 aromatic heterocycles. The van der Waals surface area contributed by atoms with Crippen LogP contribution in [0.4, 0.5) is 0 Å². The van der Waals surface area contributed by atoms with Gasteiger partial charge in [-0.2, -0.15) is 0 Å². The molecule has 0 bridgehead atoms. The van der Waals surface area contributed by atoms with Crippen molar-refractivity contribution in [3.63, 3.8) is 0 Å². The summed E-state index contributed by atoms with van der Waals surface area (Å²) in [5.74, 6) is -1.09. The van der Waals surface area contributed by atoms with E-state index in [9.17, 15) is 9.59 Å². The topological polar surface area (TPSA) is 59.3 Å². The van der Waals surface area contributed by atoms with Crippen molar-refractivity contribution in [3.05, 3.63) is 69.1 Å². The lowest BCUT2D eigenvalue weighted by Gasteiger charge is -2.13. The fourth-order valence-electron chi connectivity index (χ4n) is 2.13. The number of carbonyl (C=O) groups is 1. The molecule has 0 saturated heterocycles. The van der Waals surface area contributed by atoms with Gasteiger partial charge in [-0.3, -0.25) is 9.36 Å². The molecule has 1 heterocycles. The van der Waals surface area contributed by atoms with Gasteiger partial charge in [0.05, 0.1) is 6.54 Å². The fraction of sp³-hybridized carbons (Fsp3) is 0.200. The van der Waals surface area contributed by atoms with Crippen molar-refractivity contribution in [1.82, 2.24) is 4.57 Å². The van der Waals surface area contributed by atoms with E-state index in [1.165, 1.54) is 22.8 Å². The van der Waals surface area contributed by atoms with Crippen molar-refractivity contribution >= 4 is 5.97 Å². The average Bonchev–Trinajstić information content (AvgIpc) is 2.35. The number of carboxylic acid groups (broad SMARTS) is 1. The molecule has 0 aliphatic carbocycles. The van der Waals surface area contributed by atoms with Crippen molar-refractivity contribution in [1.29, 1.82) is 0 Å². The Hall–Kier alpha value is -2.36. The SMILES string of the molecule is Cc1cccc(C)c1Cn1c(C(=O)O)cccc1=O. The highest BCUT2D eigenvalue weighted by molar-refractivity contribution is 5.85. The molecular weight excluding hydrogens is 242 g/mol. The van der Waals surface area contributed by atoms with E-state index >= 15 is 0 Å². The lowest BCUT2D eigenvalue weighted by molar-refractivity contribution is 0.0684. The van der Waals surface area contributed by atoms with E-state index in [2.05, 4.69) is 0 Å². The number of pyridine rings is 1. The summed E-state index contributed by atoms with van der Waals surface area (Å²) >= 11 is 0.